The number of amides is 1. The number of hydrogen-bond donors (Lipinski definition) is 1. The number of benzene rings is 2. The maximum Gasteiger partial charge on any atom is 0.401 e. The van der Waals surface area contributed by atoms with Gasteiger partial charge in [-0.1, -0.05) is 35.9 Å². The first kappa shape index (κ1) is 21.0. The van der Waals surface area contributed by atoms with Crippen molar-refractivity contribution in [2.45, 2.75) is 26.1 Å². The quantitative estimate of drug-likeness (QED) is 0.727. The summed E-state index contributed by atoms with van der Waals surface area (Å²) in [5, 5.41) is 2.67. The van der Waals surface area contributed by atoms with E-state index in [0.717, 1.165) is 21.6 Å². The monoisotopic (exact) mass is 408 g/mol. The van der Waals surface area contributed by atoms with E-state index in [1.807, 2.05) is 31.2 Å². The minimum absolute atomic E-state index is 0.139. The summed E-state index contributed by atoms with van der Waals surface area (Å²) in [6.07, 6.45) is -3.93. The number of nitrogens with zero attached hydrogens (tertiary/aromatic N) is 1. The van der Waals surface area contributed by atoms with E-state index in [0.29, 0.717) is 17.9 Å². The van der Waals surface area contributed by atoms with Gasteiger partial charge in [0.15, 0.2) is 11.5 Å². The van der Waals surface area contributed by atoms with Crippen molar-refractivity contribution in [2.24, 2.45) is 0 Å². The molecule has 0 saturated carbocycles. The lowest BCUT2D eigenvalue weighted by atomic mass is 10.1. The Morgan fingerprint density at radius 1 is 1.07 bits per heavy atom. The van der Waals surface area contributed by atoms with Crippen LogP contribution >= 0.6 is 0 Å². The summed E-state index contributed by atoms with van der Waals surface area (Å²) in [6, 6.07) is 12.9. The highest BCUT2D eigenvalue weighted by atomic mass is 19.4. The Balaban J connectivity index is 1.53. The van der Waals surface area contributed by atoms with Gasteiger partial charge in [0.05, 0.1) is 13.1 Å². The van der Waals surface area contributed by atoms with Gasteiger partial charge in [0.1, 0.15) is 0 Å². The van der Waals surface area contributed by atoms with Crippen LogP contribution in [0.4, 0.5) is 13.2 Å². The van der Waals surface area contributed by atoms with Crippen molar-refractivity contribution in [3.63, 3.8) is 0 Å². The molecule has 2 aromatic rings. The van der Waals surface area contributed by atoms with Gasteiger partial charge in [0.2, 0.25) is 12.7 Å². The number of alkyl halides is 3. The molecule has 0 aliphatic carbocycles. The van der Waals surface area contributed by atoms with Gasteiger partial charge in [-0.25, -0.2) is 0 Å². The molecule has 1 amide bonds. The number of ether oxygens (including phenoxy) is 2. The number of carbonyl (C=O) groups is 1. The Kier molecular flexibility index (Phi) is 6.64. The maximum atomic E-state index is 12.9. The van der Waals surface area contributed by atoms with E-state index in [9.17, 15) is 18.0 Å². The second-order valence-corrected chi connectivity index (χ2v) is 7.03. The third-order valence-corrected chi connectivity index (χ3v) is 4.53. The lowest BCUT2D eigenvalue weighted by molar-refractivity contribution is -0.148. The normalized spacial score (nSPS) is 13.0. The molecule has 1 aliphatic rings. The van der Waals surface area contributed by atoms with Gasteiger partial charge in [-0.15, -0.1) is 0 Å². The Hall–Kier alpha value is -2.74. The fourth-order valence-electron chi connectivity index (χ4n) is 3.02. The number of nitrogens with one attached hydrogen (secondary N) is 1. The molecule has 8 heteroatoms. The molecule has 3 rings (SSSR count). The van der Waals surface area contributed by atoms with Crippen LogP contribution in [0.5, 0.6) is 11.5 Å². The van der Waals surface area contributed by atoms with Crippen LogP contribution in [0.1, 0.15) is 16.7 Å². The van der Waals surface area contributed by atoms with Crippen molar-refractivity contribution in [3.8, 4) is 11.5 Å². The number of rotatable bonds is 8. The average molecular weight is 408 g/mol. The smallest absolute Gasteiger partial charge is 0.401 e. The van der Waals surface area contributed by atoms with E-state index >= 15 is 0 Å². The van der Waals surface area contributed by atoms with Crippen LogP contribution in [-0.4, -0.2) is 43.4 Å². The summed E-state index contributed by atoms with van der Waals surface area (Å²) in [4.78, 5) is 13.3. The molecule has 0 bridgehead atoms. The minimum Gasteiger partial charge on any atom is -0.454 e. The molecule has 1 aliphatic heterocycles. The zero-order chi connectivity index (χ0) is 20.9. The molecule has 0 saturated heterocycles. The largest absolute Gasteiger partial charge is 0.454 e. The number of fused-ring (bicyclic) bond motifs is 1. The van der Waals surface area contributed by atoms with Gasteiger partial charge in [-0.05, 0) is 36.6 Å². The summed E-state index contributed by atoms with van der Waals surface area (Å²) in [5.74, 6) is 0.761. The number of halogens is 3. The number of hydrogen-bond acceptors (Lipinski definition) is 4. The molecule has 0 fully saturated rings. The van der Waals surface area contributed by atoms with E-state index in [1.54, 1.807) is 18.2 Å². The second kappa shape index (κ2) is 9.17. The first-order valence-corrected chi connectivity index (χ1v) is 9.28. The molecule has 29 heavy (non-hydrogen) atoms. The maximum absolute atomic E-state index is 12.9. The zero-order valence-corrected chi connectivity index (χ0v) is 16.1. The van der Waals surface area contributed by atoms with Gasteiger partial charge >= 0.3 is 6.18 Å². The van der Waals surface area contributed by atoms with Crippen LogP contribution in [0, 0.1) is 6.92 Å². The molecule has 0 aromatic heterocycles. The summed E-state index contributed by atoms with van der Waals surface area (Å²) in [5.41, 5.74) is 2.80. The molecule has 1 N–H and O–H groups in total. The van der Waals surface area contributed by atoms with E-state index in [4.69, 9.17) is 9.47 Å². The molecular formula is C21H23F3N2O3. The highest BCUT2D eigenvalue weighted by Gasteiger charge is 2.31. The predicted octanol–water partition coefficient (Wildman–Crippen LogP) is 3.45. The summed E-state index contributed by atoms with van der Waals surface area (Å²) in [7, 11) is 0. The van der Waals surface area contributed by atoms with Crippen LogP contribution in [0.3, 0.4) is 0 Å². The molecule has 1 heterocycles. The van der Waals surface area contributed by atoms with Gasteiger partial charge in [-0.2, -0.15) is 13.2 Å². The fraction of sp³-hybridized carbons (Fsp3) is 0.381. The Morgan fingerprint density at radius 3 is 2.48 bits per heavy atom. The van der Waals surface area contributed by atoms with Crippen molar-refractivity contribution in [2.75, 3.05) is 26.4 Å². The molecular weight excluding hydrogens is 385 g/mol. The van der Waals surface area contributed by atoms with Gasteiger partial charge in [0.25, 0.3) is 0 Å². The lowest BCUT2D eigenvalue weighted by Crippen LogP contribution is -2.42. The van der Waals surface area contributed by atoms with Crippen LogP contribution < -0.4 is 14.8 Å². The topological polar surface area (TPSA) is 50.8 Å². The van der Waals surface area contributed by atoms with Gasteiger partial charge in [-0.3, -0.25) is 9.69 Å². The van der Waals surface area contributed by atoms with Crippen LogP contribution in [-0.2, 0) is 17.8 Å². The van der Waals surface area contributed by atoms with Crippen molar-refractivity contribution >= 4 is 5.91 Å². The van der Waals surface area contributed by atoms with E-state index in [1.165, 1.54) is 0 Å². The highest BCUT2D eigenvalue weighted by molar-refractivity contribution is 5.78. The third kappa shape index (κ3) is 6.67. The first-order chi connectivity index (χ1) is 13.8. The summed E-state index contributed by atoms with van der Waals surface area (Å²) >= 11 is 0. The SMILES string of the molecule is Cc1ccc(CCN(CC(=O)NCc2ccc3c(c2)OCO3)CC(F)(F)F)cc1. The molecule has 0 atom stereocenters. The molecule has 5 nitrogen and oxygen atoms in total. The first-order valence-electron chi connectivity index (χ1n) is 9.28. The predicted molar refractivity (Wildman–Crippen MR) is 102 cm³/mol. The third-order valence-electron chi connectivity index (χ3n) is 4.53. The summed E-state index contributed by atoms with van der Waals surface area (Å²) in [6.45, 7) is 0.988. The second-order valence-electron chi connectivity index (χ2n) is 7.03. The van der Waals surface area contributed by atoms with Crippen LogP contribution in [0.25, 0.3) is 0 Å². The number of aryl methyl sites for hydroxylation is 1. The van der Waals surface area contributed by atoms with E-state index in [-0.39, 0.29) is 26.4 Å². The average Bonchev–Trinajstić information content (AvgIpc) is 3.12. The Labute approximate surface area is 167 Å². The van der Waals surface area contributed by atoms with Crippen molar-refractivity contribution in [1.29, 1.82) is 0 Å². The van der Waals surface area contributed by atoms with Crippen molar-refractivity contribution in [1.82, 2.24) is 10.2 Å². The van der Waals surface area contributed by atoms with Gasteiger partial charge < -0.3 is 14.8 Å². The van der Waals surface area contributed by atoms with Crippen LogP contribution in [0.2, 0.25) is 0 Å². The van der Waals surface area contributed by atoms with Crippen molar-refractivity contribution < 1.29 is 27.4 Å². The van der Waals surface area contributed by atoms with Gasteiger partial charge in [0, 0.05) is 13.1 Å². The number of carbonyl (C=O) groups excluding carboxylic acids is 1. The van der Waals surface area contributed by atoms with E-state index in [2.05, 4.69) is 5.32 Å². The molecule has 2 aromatic carbocycles. The lowest BCUT2D eigenvalue weighted by Gasteiger charge is -2.23. The Bertz CT molecular complexity index is 838. The summed E-state index contributed by atoms with van der Waals surface area (Å²) < 4.78 is 49.2. The molecule has 156 valence electrons. The highest BCUT2D eigenvalue weighted by Crippen LogP contribution is 2.32. The Morgan fingerprint density at radius 2 is 1.76 bits per heavy atom. The standard InChI is InChI=1S/C21H23F3N2O3/c1-15-2-4-16(5-3-15)8-9-26(13-21(22,23)24)12-20(27)25-11-17-6-7-18-19(10-17)29-14-28-18/h2-7,10H,8-9,11-14H2,1H3,(H,25,27). The fourth-order valence-corrected chi connectivity index (χ4v) is 3.02. The molecule has 0 spiro atoms. The molecule has 0 radical (unpaired) electrons. The molecule has 0 unspecified atom stereocenters. The van der Waals surface area contributed by atoms with E-state index < -0.39 is 18.6 Å². The zero-order valence-electron chi connectivity index (χ0n) is 16.1. The minimum atomic E-state index is -4.37. The van der Waals surface area contributed by atoms with Crippen molar-refractivity contribution in [3.05, 3.63) is 59.2 Å². The van der Waals surface area contributed by atoms with Crippen LogP contribution in [0.15, 0.2) is 42.5 Å².